The molecule has 5 heteroatoms. The second-order valence-electron chi connectivity index (χ2n) is 5.18. The van der Waals surface area contributed by atoms with E-state index in [0.717, 1.165) is 0 Å². The number of hydrogen-bond acceptors (Lipinski definition) is 4. The van der Waals surface area contributed by atoms with E-state index in [1.165, 1.54) is 20.3 Å². The Morgan fingerprint density at radius 1 is 1.09 bits per heavy atom. The van der Waals surface area contributed by atoms with Crippen molar-refractivity contribution in [2.24, 2.45) is 0 Å². The number of hydrogen-bond donors (Lipinski definition) is 0. The molecule has 1 aromatic carbocycles. The third-order valence-electron chi connectivity index (χ3n) is 3.69. The molecule has 0 unspecified atom stereocenters. The SMILES string of the molecule is COc1ccc(C(=O)CCC(=O)C2=C(F)CCC=C2)cc1OC. The highest BCUT2D eigenvalue weighted by atomic mass is 19.1. The van der Waals surface area contributed by atoms with Crippen molar-refractivity contribution in [1.29, 1.82) is 0 Å². The summed E-state index contributed by atoms with van der Waals surface area (Å²) in [5.41, 5.74) is 0.528. The summed E-state index contributed by atoms with van der Waals surface area (Å²) in [4.78, 5) is 24.2. The van der Waals surface area contributed by atoms with E-state index in [9.17, 15) is 14.0 Å². The number of methoxy groups -OCH3 is 2. The van der Waals surface area contributed by atoms with Gasteiger partial charge < -0.3 is 9.47 Å². The lowest BCUT2D eigenvalue weighted by atomic mass is 9.97. The van der Waals surface area contributed by atoms with Crippen LogP contribution in [0.4, 0.5) is 4.39 Å². The minimum absolute atomic E-state index is 0.0136. The molecule has 0 saturated heterocycles. The molecule has 0 aromatic heterocycles. The molecule has 1 aliphatic rings. The van der Waals surface area contributed by atoms with Gasteiger partial charge >= 0.3 is 0 Å². The minimum atomic E-state index is -0.393. The van der Waals surface area contributed by atoms with Crippen LogP contribution in [-0.2, 0) is 4.79 Å². The zero-order valence-corrected chi connectivity index (χ0v) is 13.2. The fraction of sp³-hybridized carbons (Fsp3) is 0.333. The van der Waals surface area contributed by atoms with E-state index in [-0.39, 0.29) is 36.4 Å². The van der Waals surface area contributed by atoms with Gasteiger partial charge in [-0.15, -0.1) is 0 Å². The summed E-state index contributed by atoms with van der Waals surface area (Å²) in [5, 5.41) is 0. The predicted molar refractivity (Wildman–Crippen MR) is 84.6 cm³/mol. The minimum Gasteiger partial charge on any atom is -0.493 e. The molecule has 0 fully saturated rings. The van der Waals surface area contributed by atoms with Crippen LogP contribution < -0.4 is 9.47 Å². The highest BCUT2D eigenvalue weighted by Crippen LogP contribution is 2.28. The van der Waals surface area contributed by atoms with Crippen LogP contribution in [0.15, 0.2) is 41.8 Å². The van der Waals surface area contributed by atoms with Crippen LogP contribution in [-0.4, -0.2) is 25.8 Å². The van der Waals surface area contributed by atoms with Crippen LogP contribution in [0.3, 0.4) is 0 Å². The number of ketones is 2. The number of allylic oxidation sites excluding steroid dienone is 4. The lowest BCUT2D eigenvalue weighted by Crippen LogP contribution is -2.09. The molecule has 0 heterocycles. The number of carbonyl (C=O) groups excluding carboxylic acids is 2. The topological polar surface area (TPSA) is 52.6 Å². The summed E-state index contributed by atoms with van der Waals surface area (Å²) in [7, 11) is 3.00. The Kier molecular flexibility index (Phi) is 5.68. The third-order valence-corrected chi connectivity index (χ3v) is 3.69. The van der Waals surface area contributed by atoms with Gasteiger partial charge in [-0.05, 0) is 24.6 Å². The number of Topliss-reactive ketones (excluding diaryl/α,β-unsaturated/α-hetero) is 2. The van der Waals surface area contributed by atoms with Crippen LogP contribution in [0.25, 0.3) is 0 Å². The average Bonchev–Trinajstić information content (AvgIpc) is 2.59. The lowest BCUT2D eigenvalue weighted by molar-refractivity contribution is -0.115. The highest BCUT2D eigenvalue weighted by molar-refractivity contribution is 6.03. The quantitative estimate of drug-likeness (QED) is 0.717. The van der Waals surface area contributed by atoms with Crippen molar-refractivity contribution in [2.75, 3.05) is 14.2 Å². The number of rotatable bonds is 7. The first-order valence-corrected chi connectivity index (χ1v) is 7.40. The molecule has 0 bridgehead atoms. The first-order chi connectivity index (χ1) is 11.1. The number of benzene rings is 1. The van der Waals surface area contributed by atoms with Crippen molar-refractivity contribution in [3.8, 4) is 11.5 Å². The molecule has 0 radical (unpaired) electrons. The normalized spacial score (nSPS) is 13.9. The summed E-state index contributed by atoms with van der Waals surface area (Å²) in [5.74, 6) is 0.0526. The maximum atomic E-state index is 13.6. The van der Waals surface area contributed by atoms with Crippen molar-refractivity contribution in [1.82, 2.24) is 0 Å². The van der Waals surface area contributed by atoms with Gasteiger partial charge in [0.1, 0.15) is 5.83 Å². The predicted octanol–water partition coefficient (Wildman–Crippen LogP) is 3.81. The number of carbonyl (C=O) groups is 2. The molecule has 0 amide bonds. The summed E-state index contributed by atoms with van der Waals surface area (Å²) in [6.45, 7) is 0. The first-order valence-electron chi connectivity index (χ1n) is 7.40. The standard InChI is InChI=1S/C18H19FO4/c1-22-17-10-7-12(11-18(17)23-2)15(20)8-9-16(21)13-5-3-4-6-14(13)19/h3,5,7,10-11H,4,6,8-9H2,1-2H3. The van der Waals surface area contributed by atoms with Gasteiger partial charge in [0.2, 0.25) is 0 Å². The molecular formula is C18H19FO4. The van der Waals surface area contributed by atoms with Crippen LogP contribution in [0, 0.1) is 0 Å². The lowest BCUT2D eigenvalue weighted by Gasteiger charge is -2.10. The largest absolute Gasteiger partial charge is 0.493 e. The average molecular weight is 318 g/mol. The third kappa shape index (κ3) is 4.06. The van der Waals surface area contributed by atoms with Gasteiger partial charge in [-0.1, -0.05) is 12.2 Å². The van der Waals surface area contributed by atoms with Crippen molar-refractivity contribution < 1.29 is 23.5 Å². The molecule has 4 nitrogen and oxygen atoms in total. The monoisotopic (exact) mass is 318 g/mol. The molecule has 0 saturated carbocycles. The van der Waals surface area contributed by atoms with E-state index in [1.54, 1.807) is 24.3 Å². The van der Waals surface area contributed by atoms with Crippen LogP contribution in [0.5, 0.6) is 11.5 Å². The Labute approximate surface area is 134 Å². The Hall–Kier alpha value is -2.43. The second kappa shape index (κ2) is 7.72. The fourth-order valence-corrected chi connectivity index (χ4v) is 2.40. The molecule has 0 aliphatic heterocycles. The maximum Gasteiger partial charge on any atom is 0.165 e. The Morgan fingerprint density at radius 3 is 2.43 bits per heavy atom. The van der Waals surface area contributed by atoms with Gasteiger partial charge in [0.15, 0.2) is 23.1 Å². The van der Waals surface area contributed by atoms with E-state index in [0.29, 0.717) is 23.5 Å². The first kappa shape index (κ1) is 16.9. The van der Waals surface area contributed by atoms with Crippen molar-refractivity contribution in [3.05, 3.63) is 47.3 Å². The van der Waals surface area contributed by atoms with Crippen molar-refractivity contribution >= 4 is 11.6 Å². The molecule has 1 aromatic rings. The Morgan fingerprint density at radius 2 is 1.78 bits per heavy atom. The fourth-order valence-electron chi connectivity index (χ4n) is 2.40. The van der Waals surface area contributed by atoms with E-state index in [1.807, 2.05) is 0 Å². The van der Waals surface area contributed by atoms with Gasteiger partial charge in [-0.25, -0.2) is 4.39 Å². The molecular weight excluding hydrogens is 299 g/mol. The zero-order chi connectivity index (χ0) is 16.8. The van der Waals surface area contributed by atoms with E-state index in [4.69, 9.17) is 9.47 Å². The van der Waals surface area contributed by atoms with Crippen LogP contribution >= 0.6 is 0 Å². The molecule has 0 spiro atoms. The maximum absolute atomic E-state index is 13.6. The molecule has 0 atom stereocenters. The van der Waals surface area contributed by atoms with Gasteiger partial charge in [-0.3, -0.25) is 9.59 Å². The van der Waals surface area contributed by atoms with E-state index < -0.39 is 5.83 Å². The second-order valence-corrected chi connectivity index (χ2v) is 5.18. The smallest absolute Gasteiger partial charge is 0.165 e. The summed E-state index contributed by atoms with van der Waals surface area (Å²) < 4.78 is 23.9. The van der Waals surface area contributed by atoms with Gasteiger partial charge in [0, 0.05) is 30.4 Å². The molecule has 122 valence electrons. The molecule has 0 N–H and O–H groups in total. The number of ether oxygens (including phenoxy) is 2. The van der Waals surface area contributed by atoms with Gasteiger partial charge in [0.25, 0.3) is 0 Å². The summed E-state index contributed by atoms with van der Waals surface area (Å²) in [6.07, 6.45) is 4.14. The highest BCUT2D eigenvalue weighted by Gasteiger charge is 2.18. The molecule has 23 heavy (non-hydrogen) atoms. The van der Waals surface area contributed by atoms with E-state index >= 15 is 0 Å². The molecule has 2 rings (SSSR count). The van der Waals surface area contributed by atoms with Crippen molar-refractivity contribution in [2.45, 2.75) is 25.7 Å². The number of halogens is 1. The summed E-state index contributed by atoms with van der Waals surface area (Å²) in [6, 6.07) is 4.83. The Bertz CT molecular complexity index is 674. The van der Waals surface area contributed by atoms with Gasteiger partial charge in [-0.2, -0.15) is 0 Å². The summed E-state index contributed by atoms with van der Waals surface area (Å²) >= 11 is 0. The zero-order valence-electron chi connectivity index (χ0n) is 13.2. The van der Waals surface area contributed by atoms with E-state index in [2.05, 4.69) is 0 Å². The van der Waals surface area contributed by atoms with Crippen molar-refractivity contribution in [3.63, 3.8) is 0 Å². The van der Waals surface area contributed by atoms with Crippen LogP contribution in [0.1, 0.15) is 36.0 Å². The van der Waals surface area contributed by atoms with Gasteiger partial charge in [0.05, 0.1) is 14.2 Å². The molecule has 1 aliphatic carbocycles. The Balaban J connectivity index is 2.02. The van der Waals surface area contributed by atoms with Crippen LogP contribution in [0.2, 0.25) is 0 Å².